The summed E-state index contributed by atoms with van der Waals surface area (Å²) in [5.74, 6) is 0.885. The number of aliphatic hydroxyl groups is 1. The largest absolute Gasteiger partial charge is 0.493 e. The fourth-order valence-electron chi connectivity index (χ4n) is 4.28. The lowest BCUT2D eigenvalue weighted by atomic mass is 9.94. The highest BCUT2D eigenvalue weighted by Gasteiger charge is 2.25. The molecule has 1 amide bonds. The molecular formula is C25H34N2O5. The first-order valence-corrected chi connectivity index (χ1v) is 11.3. The van der Waals surface area contributed by atoms with Gasteiger partial charge in [-0.25, -0.2) is 0 Å². The minimum absolute atomic E-state index is 0.147. The lowest BCUT2D eigenvalue weighted by Crippen LogP contribution is -2.46. The third kappa shape index (κ3) is 5.71. The van der Waals surface area contributed by atoms with E-state index in [4.69, 9.17) is 9.47 Å². The van der Waals surface area contributed by atoms with Gasteiger partial charge in [-0.1, -0.05) is 31.7 Å². The first-order chi connectivity index (χ1) is 15.4. The van der Waals surface area contributed by atoms with Crippen LogP contribution in [0.1, 0.15) is 60.0 Å². The number of rotatable bonds is 7. The molecule has 0 radical (unpaired) electrons. The van der Waals surface area contributed by atoms with Crippen LogP contribution in [0.4, 0.5) is 0 Å². The van der Waals surface area contributed by atoms with Crippen molar-refractivity contribution in [3.05, 3.63) is 57.5 Å². The predicted octanol–water partition coefficient (Wildman–Crippen LogP) is 3.23. The Hall–Kier alpha value is -2.80. The van der Waals surface area contributed by atoms with Crippen molar-refractivity contribution in [3.8, 4) is 11.5 Å². The Labute approximate surface area is 189 Å². The summed E-state index contributed by atoms with van der Waals surface area (Å²) in [4.78, 5) is 26.1. The third-order valence-corrected chi connectivity index (χ3v) is 6.24. The van der Waals surface area contributed by atoms with Crippen LogP contribution in [0, 0.1) is 6.92 Å². The Morgan fingerprint density at radius 3 is 2.53 bits per heavy atom. The molecule has 1 aromatic carbocycles. The normalized spacial score (nSPS) is 19.0. The highest BCUT2D eigenvalue weighted by atomic mass is 16.5. The molecule has 1 heterocycles. The number of pyridine rings is 1. The number of carbonyl (C=O) groups excluding carboxylic acids is 1. The predicted molar refractivity (Wildman–Crippen MR) is 124 cm³/mol. The number of ether oxygens (including phenoxy) is 2. The van der Waals surface area contributed by atoms with Gasteiger partial charge in [-0.15, -0.1) is 0 Å². The van der Waals surface area contributed by atoms with Crippen LogP contribution in [0.5, 0.6) is 11.5 Å². The second-order valence-corrected chi connectivity index (χ2v) is 8.45. The van der Waals surface area contributed by atoms with Crippen LogP contribution in [0.25, 0.3) is 0 Å². The highest BCUT2D eigenvalue weighted by Crippen LogP contribution is 2.27. The highest BCUT2D eigenvalue weighted by molar-refractivity contribution is 5.95. The second kappa shape index (κ2) is 11.2. The molecule has 1 aromatic heterocycles. The Morgan fingerprint density at radius 1 is 1.09 bits per heavy atom. The molecule has 2 aromatic rings. The standard InChI is InChI=1S/C25H34N2O5/c1-17-12-14-27(15-13-18-10-11-21(31-2)22(16-18)32-3)25(30)23(17)24(29)26-19-8-6-4-5-7-9-20(19)28/h10-12,14,16,19-20,28H,4-9,13,15H2,1-3H3,(H,26,29)/t19-,20-/m0/s1. The van der Waals surface area contributed by atoms with Crippen LogP contribution in [0.2, 0.25) is 0 Å². The van der Waals surface area contributed by atoms with Crippen molar-refractivity contribution in [1.82, 2.24) is 9.88 Å². The van der Waals surface area contributed by atoms with Crippen molar-refractivity contribution in [3.63, 3.8) is 0 Å². The van der Waals surface area contributed by atoms with Crippen LogP contribution < -0.4 is 20.3 Å². The number of carbonyl (C=O) groups is 1. The van der Waals surface area contributed by atoms with Gasteiger partial charge >= 0.3 is 0 Å². The monoisotopic (exact) mass is 442 g/mol. The van der Waals surface area contributed by atoms with E-state index in [-0.39, 0.29) is 17.2 Å². The maximum atomic E-state index is 13.1. The summed E-state index contributed by atoms with van der Waals surface area (Å²) in [5, 5.41) is 13.4. The number of nitrogens with one attached hydrogen (secondary N) is 1. The first-order valence-electron chi connectivity index (χ1n) is 11.3. The van der Waals surface area contributed by atoms with Gasteiger partial charge in [0.05, 0.1) is 26.4 Å². The van der Waals surface area contributed by atoms with Crippen molar-refractivity contribution >= 4 is 5.91 Å². The van der Waals surface area contributed by atoms with E-state index in [2.05, 4.69) is 5.32 Å². The van der Waals surface area contributed by atoms with Crippen LogP contribution in [0.3, 0.4) is 0 Å². The summed E-state index contributed by atoms with van der Waals surface area (Å²) >= 11 is 0. The Balaban J connectivity index is 1.75. The fourth-order valence-corrected chi connectivity index (χ4v) is 4.28. The van der Waals surface area contributed by atoms with Gasteiger partial charge in [-0.2, -0.15) is 0 Å². The molecule has 0 saturated heterocycles. The van der Waals surface area contributed by atoms with Gasteiger partial charge < -0.3 is 24.5 Å². The molecule has 0 bridgehead atoms. The number of aromatic nitrogens is 1. The topological polar surface area (TPSA) is 89.8 Å². The lowest BCUT2D eigenvalue weighted by molar-refractivity contribution is 0.0769. The van der Waals surface area contributed by atoms with Gasteiger partial charge in [-0.3, -0.25) is 9.59 Å². The maximum absolute atomic E-state index is 13.1. The summed E-state index contributed by atoms with van der Waals surface area (Å²) in [6.45, 7) is 2.20. The van der Waals surface area contributed by atoms with E-state index in [1.54, 1.807) is 38.0 Å². The van der Waals surface area contributed by atoms with Gasteiger partial charge in [-0.05, 0) is 55.5 Å². The Morgan fingerprint density at radius 2 is 1.81 bits per heavy atom. The van der Waals surface area contributed by atoms with Gasteiger partial charge in [0.25, 0.3) is 11.5 Å². The maximum Gasteiger partial charge on any atom is 0.263 e. The average molecular weight is 443 g/mol. The summed E-state index contributed by atoms with van der Waals surface area (Å²) in [5.41, 5.74) is 1.46. The summed E-state index contributed by atoms with van der Waals surface area (Å²) in [7, 11) is 3.18. The third-order valence-electron chi connectivity index (χ3n) is 6.24. The number of nitrogens with zero attached hydrogens (tertiary/aromatic N) is 1. The van der Waals surface area contributed by atoms with Gasteiger partial charge in [0.1, 0.15) is 5.56 Å². The van der Waals surface area contributed by atoms with Crippen LogP contribution >= 0.6 is 0 Å². The van der Waals surface area contributed by atoms with Crippen molar-refractivity contribution < 1.29 is 19.4 Å². The van der Waals surface area contributed by atoms with E-state index >= 15 is 0 Å². The van der Waals surface area contributed by atoms with Crippen molar-refractivity contribution in [2.45, 2.75) is 70.6 Å². The number of aryl methyl sites for hydroxylation is 3. The molecule has 174 valence electrons. The number of hydrogen-bond donors (Lipinski definition) is 2. The minimum atomic E-state index is -0.574. The molecule has 1 saturated carbocycles. The molecule has 32 heavy (non-hydrogen) atoms. The molecule has 0 unspecified atom stereocenters. The number of methoxy groups -OCH3 is 2. The van der Waals surface area contributed by atoms with E-state index < -0.39 is 12.0 Å². The van der Waals surface area contributed by atoms with Crippen molar-refractivity contribution in [2.24, 2.45) is 0 Å². The molecule has 1 aliphatic carbocycles. The zero-order valence-corrected chi connectivity index (χ0v) is 19.2. The zero-order chi connectivity index (χ0) is 23.1. The Bertz CT molecular complexity index is 985. The quantitative estimate of drug-likeness (QED) is 0.687. The van der Waals surface area contributed by atoms with Gasteiger partial charge in [0.2, 0.25) is 0 Å². The van der Waals surface area contributed by atoms with E-state index in [0.29, 0.717) is 36.4 Å². The molecule has 2 N–H and O–H groups in total. The molecule has 0 spiro atoms. The van der Waals surface area contributed by atoms with E-state index in [9.17, 15) is 14.7 Å². The molecule has 7 nitrogen and oxygen atoms in total. The summed E-state index contributed by atoms with van der Waals surface area (Å²) in [6, 6.07) is 7.14. The van der Waals surface area contributed by atoms with Crippen LogP contribution in [-0.2, 0) is 13.0 Å². The smallest absolute Gasteiger partial charge is 0.263 e. The first kappa shape index (κ1) is 23.9. The van der Waals surface area contributed by atoms with Crippen LogP contribution in [-0.4, -0.2) is 41.9 Å². The molecular weight excluding hydrogens is 408 g/mol. The number of aliphatic hydroxyl groups excluding tert-OH is 1. The molecule has 1 fully saturated rings. The number of amides is 1. The molecule has 3 rings (SSSR count). The summed E-state index contributed by atoms with van der Waals surface area (Å²) in [6.07, 6.45) is 7.29. The average Bonchev–Trinajstić information content (AvgIpc) is 2.78. The number of benzene rings is 1. The van der Waals surface area contributed by atoms with E-state index in [1.165, 1.54) is 0 Å². The molecule has 7 heteroatoms. The zero-order valence-electron chi connectivity index (χ0n) is 19.2. The minimum Gasteiger partial charge on any atom is -0.493 e. The van der Waals surface area contributed by atoms with Crippen molar-refractivity contribution in [2.75, 3.05) is 14.2 Å². The van der Waals surface area contributed by atoms with E-state index in [0.717, 1.165) is 37.7 Å². The molecule has 2 atom stereocenters. The van der Waals surface area contributed by atoms with Gasteiger partial charge in [0.15, 0.2) is 11.5 Å². The van der Waals surface area contributed by atoms with E-state index in [1.807, 2.05) is 18.2 Å². The SMILES string of the molecule is COc1ccc(CCn2ccc(C)c(C(=O)N[C@H]3CCCCCC[C@@H]3O)c2=O)cc1OC. The molecule has 0 aliphatic heterocycles. The molecule has 1 aliphatic rings. The Kier molecular flexibility index (Phi) is 8.33. The lowest BCUT2D eigenvalue weighted by Gasteiger charge is -2.26. The van der Waals surface area contributed by atoms with Crippen LogP contribution in [0.15, 0.2) is 35.3 Å². The number of hydrogen-bond acceptors (Lipinski definition) is 5. The van der Waals surface area contributed by atoms with Crippen molar-refractivity contribution in [1.29, 1.82) is 0 Å². The van der Waals surface area contributed by atoms with Gasteiger partial charge in [0, 0.05) is 12.7 Å². The fraction of sp³-hybridized carbons (Fsp3) is 0.520. The summed E-state index contributed by atoms with van der Waals surface area (Å²) < 4.78 is 12.2. The second-order valence-electron chi connectivity index (χ2n) is 8.45.